The molecule has 0 aromatic carbocycles. The molecular weight excluding hydrogens is 508 g/mol. The first-order valence-corrected chi connectivity index (χ1v) is 12.1. The van der Waals surface area contributed by atoms with Crippen molar-refractivity contribution in [3.05, 3.63) is 34.6 Å². The fourth-order valence-electron chi connectivity index (χ4n) is 3.41. The Morgan fingerprint density at radius 1 is 1.32 bits per heavy atom. The van der Waals surface area contributed by atoms with E-state index in [9.17, 15) is 25.2 Å². The number of aromatic nitrogens is 5. The minimum Gasteiger partial charge on any atom is -0.486 e. The number of pyridine rings is 1. The molecule has 182 valence electrons. The zero-order valence-corrected chi connectivity index (χ0v) is 20.3. The van der Waals surface area contributed by atoms with Crippen LogP contribution < -0.4 is 0 Å². The van der Waals surface area contributed by atoms with Gasteiger partial charge in [-0.25, -0.2) is 14.6 Å². The predicted octanol–water partition coefficient (Wildman–Crippen LogP) is 0.630. The van der Waals surface area contributed by atoms with Crippen LogP contribution in [0.1, 0.15) is 16.5 Å². The van der Waals surface area contributed by atoms with Crippen LogP contribution in [-0.2, 0) is 4.74 Å². The number of aromatic hydroxyl groups is 1. The van der Waals surface area contributed by atoms with Gasteiger partial charge in [0.15, 0.2) is 0 Å². The Balaban J connectivity index is 1.65. The van der Waals surface area contributed by atoms with Crippen LogP contribution in [0.15, 0.2) is 28.7 Å². The first kappa shape index (κ1) is 24.8. The van der Waals surface area contributed by atoms with Crippen molar-refractivity contribution in [2.45, 2.75) is 34.7 Å². The van der Waals surface area contributed by atoms with Crippen molar-refractivity contribution in [2.75, 3.05) is 20.7 Å². The van der Waals surface area contributed by atoms with Gasteiger partial charge in [-0.15, -0.1) is 5.10 Å². The molecule has 5 atom stereocenters. The van der Waals surface area contributed by atoms with Crippen LogP contribution in [0.4, 0.5) is 0 Å². The Hall–Kier alpha value is -2.33. The Bertz CT molecular complexity index is 1180. The highest BCUT2D eigenvalue weighted by molar-refractivity contribution is 8.00. The summed E-state index contributed by atoms with van der Waals surface area (Å²) in [6, 6.07) is 0.486. The molecule has 0 aliphatic carbocycles. The minimum absolute atomic E-state index is 0.116. The summed E-state index contributed by atoms with van der Waals surface area (Å²) in [6.07, 6.45) is -0.897. The summed E-state index contributed by atoms with van der Waals surface area (Å²) in [7, 11) is 3.16. The van der Waals surface area contributed by atoms with Gasteiger partial charge in [0, 0.05) is 30.6 Å². The van der Waals surface area contributed by atoms with Crippen molar-refractivity contribution in [3.8, 4) is 16.6 Å². The predicted molar refractivity (Wildman–Crippen MR) is 123 cm³/mol. The van der Waals surface area contributed by atoms with Gasteiger partial charge >= 0.3 is 0 Å². The van der Waals surface area contributed by atoms with Crippen molar-refractivity contribution < 1.29 is 30.0 Å². The molecular formula is C19H21ClN6O6S2. The number of aliphatic hydroxyl groups is 3. The van der Waals surface area contributed by atoms with Gasteiger partial charge in [0.05, 0.1) is 17.8 Å². The van der Waals surface area contributed by atoms with Gasteiger partial charge in [0.25, 0.3) is 11.1 Å². The molecule has 3 aromatic heterocycles. The molecule has 4 heterocycles. The molecule has 4 rings (SSSR count). The number of thioether (sulfide) groups is 1. The van der Waals surface area contributed by atoms with Crippen molar-refractivity contribution in [3.63, 3.8) is 0 Å². The summed E-state index contributed by atoms with van der Waals surface area (Å²) in [5.41, 5.74) is -0.198. The average molecular weight is 529 g/mol. The maximum Gasteiger partial charge on any atom is 0.273 e. The topological polar surface area (TPSA) is 167 Å². The molecule has 1 amide bonds. The van der Waals surface area contributed by atoms with Gasteiger partial charge < -0.3 is 30.1 Å². The van der Waals surface area contributed by atoms with Gasteiger partial charge in [0.2, 0.25) is 0 Å². The zero-order chi connectivity index (χ0) is 24.6. The number of ether oxygens (including phenoxy) is 1. The molecule has 34 heavy (non-hydrogen) atoms. The van der Waals surface area contributed by atoms with E-state index < -0.39 is 36.4 Å². The molecule has 12 nitrogen and oxygen atoms in total. The normalized spacial score (nSPS) is 24.8. The fourth-order valence-corrected chi connectivity index (χ4v) is 5.37. The number of amides is 1. The van der Waals surface area contributed by atoms with Crippen LogP contribution in [0.25, 0.3) is 11.4 Å². The van der Waals surface area contributed by atoms with E-state index in [1.165, 1.54) is 28.0 Å². The number of nitrogens with zero attached hydrogens (tertiary/aromatic N) is 6. The van der Waals surface area contributed by atoms with Gasteiger partial charge in [0.1, 0.15) is 46.9 Å². The van der Waals surface area contributed by atoms with Gasteiger partial charge in [-0.2, -0.15) is 0 Å². The Morgan fingerprint density at radius 2 is 2.09 bits per heavy atom. The zero-order valence-electron chi connectivity index (χ0n) is 17.9. The van der Waals surface area contributed by atoms with E-state index in [1.54, 1.807) is 19.5 Å². The van der Waals surface area contributed by atoms with Crippen LogP contribution in [0, 0.1) is 0 Å². The summed E-state index contributed by atoms with van der Waals surface area (Å²) >= 11 is 8.11. The molecule has 1 saturated heterocycles. The lowest BCUT2D eigenvalue weighted by Crippen LogP contribution is -2.55. The Labute approximate surface area is 206 Å². The summed E-state index contributed by atoms with van der Waals surface area (Å²) in [4.78, 5) is 22.4. The lowest BCUT2D eigenvalue weighted by molar-refractivity contribution is -0.178. The smallest absolute Gasteiger partial charge is 0.273 e. The van der Waals surface area contributed by atoms with E-state index >= 15 is 0 Å². The van der Waals surface area contributed by atoms with Crippen molar-refractivity contribution in [1.82, 2.24) is 29.9 Å². The van der Waals surface area contributed by atoms with Crippen molar-refractivity contribution >= 4 is 40.6 Å². The first-order valence-electron chi connectivity index (χ1n) is 9.92. The second kappa shape index (κ2) is 10.1. The molecule has 15 heteroatoms. The number of aliphatic hydroxyl groups excluding tert-OH is 3. The quantitative estimate of drug-likeness (QED) is 0.354. The van der Waals surface area contributed by atoms with Crippen molar-refractivity contribution in [2.24, 2.45) is 0 Å². The standard InChI is InChI=1S/C19H21ClN6O6S2/c1-25(2)17(30)13-12(3-8(20)4-21-13)34-18-16(29)14(15(28)11(6-27)32-18)26-5-9(23-24-26)10-7-33-19(31)22-10/h3-5,7,11,14-16,18,27-29H,6H2,1-2H3,(H,22,31)/t11?,14?,15-,16-,18+/m0/s1. The van der Waals surface area contributed by atoms with Gasteiger partial charge in [-0.1, -0.05) is 39.9 Å². The second-order valence-electron chi connectivity index (χ2n) is 7.61. The molecule has 1 fully saturated rings. The summed E-state index contributed by atoms with van der Waals surface area (Å²) < 4.78 is 7.02. The number of halogens is 1. The third-order valence-electron chi connectivity index (χ3n) is 5.09. The van der Waals surface area contributed by atoms with Gasteiger partial charge in [-0.3, -0.25) is 4.79 Å². The first-order chi connectivity index (χ1) is 16.2. The maximum atomic E-state index is 12.6. The lowest BCUT2D eigenvalue weighted by atomic mass is 9.97. The number of carbonyl (C=O) groups excluding carboxylic acids is 1. The monoisotopic (exact) mass is 528 g/mol. The SMILES string of the molecule is CN(C)C(=O)c1ncc(Cl)cc1S[C@H]1OC(CO)[C@H](O)C(n2cc(-c3csc(O)n3)nn2)[C@@H]1O. The van der Waals surface area contributed by atoms with Crippen LogP contribution in [0.5, 0.6) is 5.19 Å². The summed E-state index contributed by atoms with van der Waals surface area (Å²) in [6.45, 7) is -0.528. The molecule has 1 aliphatic heterocycles. The van der Waals surface area contributed by atoms with Crippen LogP contribution in [0.2, 0.25) is 5.02 Å². The Kier molecular flexibility index (Phi) is 7.37. The van der Waals surface area contributed by atoms with Crippen LogP contribution >= 0.6 is 34.7 Å². The van der Waals surface area contributed by atoms with Crippen molar-refractivity contribution in [1.29, 1.82) is 0 Å². The second-order valence-corrected chi connectivity index (χ2v) is 10.0. The minimum atomic E-state index is -1.33. The van der Waals surface area contributed by atoms with Gasteiger partial charge in [-0.05, 0) is 6.07 Å². The molecule has 3 aromatic rings. The average Bonchev–Trinajstić information content (AvgIpc) is 3.44. The number of hydrogen-bond acceptors (Lipinski definition) is 12. The molecule has 0 spiro atoms. The van der Waals surface area contributed by atoms with E-state index in [0.717, 1.165) is 23.1 Å². The molecule has 0 radical (unpaired) electrons. The summed E-state index contributed by atoms with van der Waals surface area (Å²) in [5.74, 6) is -0.368. The number of rotatable bonds is 6. The lowest BCUT2D eigenvalue weighted by Gasteiger charge is -2.41. The third kappa shape index (κ3) is 4.88. The highest BCUT2D eigenvalue weighted by Crippen LogP contribution is 2.39. The molecule has 0 bridgehead atoms. The molecule has 4 N–H and O–H groups in total. The van der Waals surface area contributed by atoms with E-state index in [-0.39, 0.29) is 21.8 Å². The number of hydrogen-bond donors (Lipinski definition) is 4. The number of carbonyl (C=O) groups is 1. The largest absolute Gasteiger partial charge is 0.486 e. The van der Waals surface area contributed by atoms with Crippen LogP contribution in [0.3, 0.4) is 0 Å². The Morgan fingerprint density at radius 3 is 2.74 bits per heavy atom. The maximum absolute atomic E-state index is 12.6. The number of thiazole rings is 1. The highest BCUT2D eigenvalue weighted by Gasteiger charge is 2.46. The third-order valence-corrected chi connectivity index (χ3v) is 7.13. The van der Waals surface area contributed by atoms with E-state index in [0.29, 0.717) is 16.3 Å². The van der Waals surface area contributed by atoms with E-state index in [2.05, 4.69) is 20.3 Å². The summed E-state index contributed by atoms with van der Waals surface area (Å²) in [5, 5.41) is 51.0. The molecule has 1 aliphatic rings. The van der Waals surface area contributed by atoms with E-state index in [4.69, 9.17) is 16.3 Å². The molecule has 2 unspecified atom stereocenters. The fraction of sp³-hybridized carbons (Fsp3) is 0.421. The van der Waals surface area contributed by atoms with Crippen LogP contribution in [-0.4, -0.2) is 101 Å². The highest BCUT2D eigenvalue weighted by atomic mass is 35.5. The van der Waals surface area contributed by atoms with E-state index in [1.807, 2.05) is 0 Å². The molecule has 0 saturated carbocycles.